The second-order valence-corrected chi connectivity index (χ2v) is 7.63. The summed E-state index contributed by atoms with van der Waals surface area (Å²) >= 11 is 7.24. The van der Waals surface area contributed by atoms with Crippen molar-refractivity contribution in [2.75, 3.05) is 24.2 Å². The fourth-order valence-electron chi connectivity index (χ4n) is 3.88. The number of ether oxygens (including phenoxy) is 1. The van der Waals surface area contributed by atoms with Gasteiger partial charge in [-0.1, -0.05) is 23.4 Å². The number of halogens is 2. The van der Waals surface area contributed by atoms with Gasteiger partial charge in [0.1, 0.15) is 22.8 Å². The minimum atomic E-state index is -0.985. The van der Waals surface area contributed by atoms with Crippen molar-refractivity contribution in [3.05, 3.63) is 11.0 Å². The second-order valence-electron chi connectivity index (χ2n) is 6.50. The predicted molar refractivity (Wildman–Crippen MR) is 99.5 cm³/mol. The van der Waals surface area contributed by atoms with E-state index in [-0.39, 0.29) is 28.6 Å². The maximum atomic E-state index is 14.7. The molecule has 2 aromatic rings. The minimum Gasteiger partial charge on any atom is -0.472 e. The minimum absolute atomic E-state index is 0.0560. The maximum Gasteiger partial charge on any atom is 0.407 e. The van der Waals surface area contributed by atoms with E-state index in [2.05, 4.69) is 15.0 Å². The van der Waals surface area contributed by atoms with Crippen LogP contribution in [0.25, 0.3) is 10.9 Å². The third kappa shape index (κ3) is 2.73. The lowest BCUT2D eigenvalue weighted by atomic mass is 9.98. The van der Waals surface area contributed by atoms with Crippen molar-refractivity contribution in [3.8, 4) is 5.88 Å². The molecule has 1 amide bonds. The topological polar surface area (TPSA) is 91.7 Å². The van der Waals surface area contributed by atoms with Crippen molar-refractivity contribution in [2.45, 2.75) is 37.2 Å². The van der Waals surface area contributed by atoms with Crippen LogP contribution in [-0.4, -0.2) is 68.6 Å². The number of pyridine rings is 1. The van der Waals surface area contributed by atoms with Crippen LogP contribution in [0.5, 0.6) is 5.88 Å². The van der Waals surface area contributed by atoms with Crippen molar-refractivity contribution in [2.24, 2.45) is 0 Å². The fraction of sp³-hybridized carbons (Fsp3) is 0.500. The SMILES string of the molecule is CSc1nc2c3c(nc(Cl)c(F)c3n1)OC(C)C1C(C)N(C(=O)O)CCN21. The van der Waals surface area contributed by atoms with Gasteiger partial charge < -0.3 is 19.6 Å². The zero-order valence-corrected chi connectivity index (χ0v) is 16.4. The molecule has 0 bridgehead atoms. The van der Waals surface area contributed by atoms with E-state index in [1.54, 1.807) is 6.26 Å². The molecule has 1 fully saturated rings. The number of anilines is 1. The van der Waals surface area contributed by atoms with Crippen LogP contribution in [0.15, 0.2) is 5.16 Å². The van der Waals surface area contributed by atoms with Crippen molar-refractivity contribution < 1.29 is 19.0 Å². The Balaban J connectivity index is 1.97. The van der Waals surface area contributed by atoms with Gasteiger partial charge in [-0.15, -0.1) is 0 Å². The van der Waals surface area contributed by atoms with Crippen molar-refractivity contribution in [1.29, 1.82) is 0 Å². The Hall–Kier alpha value is -2.07. The van der Waals surface area contributed by atoms with E-state index in [4.69, 9.17) is 16.3 Å². The Morgan fingerprint density at radius 1 is 1.33 bits per heavy atom. The van der Waals surface area contributed by atoms with E-state index in [9.17, 15) is 14.3 Å². The fourth-order valence-corrected chi connectivity index (χ4v) is 4.41. The number of carboxylic acid groups (broad SMARTS) is 1. The highest BCUT2D eigenvalue weighted by molar-refractivity contribution is 7.98. The summed E-state index contributed by atoms with van der Waals surface area (Å²) in [4.78, 5) is 27.9. The number of fused-ring (bicyclic) bond motifs is 2. The highest BCUT2D eigenvalue weighted by Gasteiger charge is 2.44. The van der Waals surface area contributed by atoms with E-state index in [0.29, 0.717) is 29.5 Å². The van der Waals surface area contributed by atoms with Gasteiger partial charge in [-0.05, 0) is 20.1 Å². The highest BCUT2D eigenvalue weighted by Crippen LogP contribution is 2.41. The van der Waals surface area contributed by atoms with Gasteiger partial charge in [0, 0.05) is 13.1 Å². The van der Waals surface area contributed by atoms with Crippen LogP contribution < -0.4 is 9.64 Å². The van der Waals surface area contributed by atoms with Gasteiger partial charge in [0.05, 0.1) is 12.1 Å². The number of rotatable bonds is 1. The summed E-state index contributed by atoms with van der Waals surface area (Å²) in [5.41, 5.74) is 0.0560. The lowest BCUT2D eigenvalue weighted by Crippen LogP contribution is -2.64. The summed E-state index contributed by atoms with van der Waals surface area (Å²) in [5, 5.41) is 9.93. The van der Waals surface area contributed by atoms with Crippen LogP contribution in [-0.2, 0) is 0 Å². The molecule has 0 saturated carbocycles. The van der Waals surface area contributed by atoms with Gasteiger partial charge in [0.25, 0.3) is 0 Å². The normalized spacial score (nSPS) is 24.4. The first-order chi connectivity index (χ1) is 12.8. The zero-order valence-electron chi connectivity index (χ0n) is 14.8. The monoisotopic (exact) mass is 413 g/mol. The Morgan fingerprint density at radius 2 is 2.07 bits per heavy atom. The number of nitrogens with zero attached hydrogens (tertiary/aromatic N) is 5. The smallest absolute Gasteiger partial charge is 0.407 e. The van der Waals surface area contributed by atoms with E-state index in [1.807, 2.05) is 18.7 Å². The number of hydrogen-bond donors (Lipinski definition) is 1. The van der Waals surface area contributed by atoms with Crippen LogP contribution >= 0.6 is 23.4 Å². The first-order valence-corrected chi connectivity index (χ1v) is 9.97. The molecule has 4 heterocycles. The average Bonchev–Trinajstić information content (AvgIpc) is 2.75. The number of carbonyl (C=O) groups is 1. The van der Waals surface area contributed by atoms with Gasteiger partial charge in [-0.25, -0.2) is 19.2 Å². The van der Waals surface area contributed by atoms with Crippen LogP contribution in [0.3, 0.4) is 0 Å². The molecule has 2 aliphatic rings. The molecular weight excluding hydrogens is 397 g/mol. The Morgan fingerprint density at radius 3 is 2.74 bits per heavy atom. The molecule has 8 nitrogen and oxygen atoms in total. The van der Waals surface area contributed by atoms with Crippen LogP contribution in [0.4, 0.5) is 15.0 Å². The third-order valence-corrected chi connectivity index (χ3v) is 5.88. The number of piperazine rings is 1. The van der Waals surface area contributed by atoms with Crippen LogP contribution in [0.2, 0.25) is 5.15 Å². The quantitative estimate of drug-likeness (QED) is 0.433. The Labute approximate surface area is 163 Å². The molecule has 1 saturated heterocycles. The van der Waals surface area contributed by atoms with Crippen LogP contribution in [0.1, 0.15) is 13.8 Å². The summed E-state index contributed by atoms with van der Waals surface area (Å²) in [5.74, 6) is -0.0648. The lowest BCUT2D eigenvalue weighted by Gasteiger charge is -2.46. The maximum absolute atomic E-state index is 14.7. The summed E-state index contributed by atoms with van der Waals surface area (Å²) in [6, 6.07) is -0.678. The third-order valence-electron chi connectivity index (χ3n) is 5.08. The summed E-state index contributed by atoms with van der Waals surface area (Å²) in [7, 11) is 0. The van der Waals surface area contributed by atoms with Gasteiger partial charge in [0.2, 0.25) is 5.88 Å². The first-order valence-electron chi connectivity index (χ1n) is 8.37. The van der Waals surface area contributed by atoms with Gasteiger partial charge in [-0.3, -0.25) is 0 Å². The predicted octanol–water partition coefficient (Wildman–Crippen LogP) is 2.88. The van der Waals surface area contributed by atoms with E-state index in [0.717, 1.165) is 0 Å². The largest absolute Gasteiger partial charge is 0.472 e. The van der Waals surface area contributed by atoms with Crippen LogP contribution in [0, 0.1) is 5.82 Å². The molecule has 4 rings (SSSR count). The molecule has 27 heavy (non-hydrogen) atoms. The molecule has 2 aliphatic heterocycles. The summed E-state index contributed by atoms with van der Waals surface area (Å²) in [6.45, 7) is 4.37. The van der Waals surface area contributed by atoms with Gasteiger partial charge >= 0.3 is 6.09 Å². The molecule has 3 atom stereocenters. The van der Waals surface area contributed by atoms with Gasteiger partial charge in [-0.2, -0.15) is 4.98 Å². The van der Waals surface area contributed by atoms with E-state index in [1.165, 1.54) is 16.7 Å². The van der Waals surface area contributed by atoms with E-state index >= 15 is 0 Å². The number of aromatic nitrogens is 3. The molecule has 2 aromatic heterocycles. The molecule has 11 heteroatoms. The standard InChI is InChI=1S/C16H17ClFN5O3S/c1-6-11-7(2)26-14-8-10(9(18)12(17)20-14)19-15(27-3)21-13(8)23(11)5-4-22(6)16(24)25/h6-7,11H,4-5H2,1-3H3,(H,24,25). The second kappa shape index (κ2) is 6.52. The molecule has 1 N–H and O–H groups in total. The first kappa shape index (κ1) is 18.3. The number of thioether (sulfide) groups is 1. The summed E-state index contributed by atoms with van der Waals surface area (Å²) in [6.07, 6.45) is 0.389. The molecule has 3 unspecified atom stereocenters. The summed E-state index contributed by atoms with van der Waals surface area (Å²) < 4.78 is 20.7. The molecule has 0 radical (unpaired) electrons. The van der Waals surface area contributed by atoms with Crippen molar-refractivity contribution in [3.63, 3.8) is 0 Å². The number of amides is 1. The molecule has 0 aromatic carbocycles. The van der Waals surface area contributed by atoms with Crippen molar-refractivity contribution >= 4 is 46.2 Å². The zero-order chi connectivity index (χ0) is 19.5. The average molecular weight is 414 g/mol. The number of hydrogen-bond acceptors (Lipinski definition) is 7. The van der Waals surface area contributed by atoms with Crippen molar-refractivity contribution in [1.82, 2.24) is 19.9 Å². The molecular formula is C16H17ClFN5O3S. The van der Waals surface area contributed by atoms with Gasteiger partial charge in [0.15, 0.2) is 16.1 Å². The van der Waals surface area contributed by atoms with E-state index < -0.39 is 18.0 Å². The molecule has 0 spiro atoms. The highest BCUT2D eigenvalue weighted by atomic mass is 35.5. The lowest BCUT2D eigenvalue weighted by molar-refractivity contribution is 0.0759. The Kier molecular flexibility index (Phi) is 4.42. The molecule has 0 aliphatic carbocycles. The Bertz CT molecular complexity index is 948. The molecule has 144 valence electrons.